The molecule has 0 N–H and O–H groups in total. The fourth-order valence-corrected chi connectivity index (χ4v) is 2.11. The molecule has 0 aromatic heterocycles. The van der Waals surface area contributed by atoms with Crippen LogP contribution in [-0.2, 0) is 6.54 Å². The van der Waals surface area contributed by atoms with Gasteiger partial charge in [0.25, 0.3) is 0 Å². The van der Waals surface area contributed by atoms with Gasteiger partial charge in [-0.1, -0.05) is 45.9 Å². The van der Waals surface area contributed by atoms with Crippen molar-refractivity contribution in [3.05, 3.63) is 34.9 Å². The van der Waals surface area contributed by atoms with E-state index in [0.717, 1.165) is 6.54 Å². The summed E-state index contributed by atoms with van der Waals surface area (Å²) in [7, 11) is 4.23. The molecule has 0 amide bonds. The molecular formula is C15H25N. The molecule has 90 valence electrons. The Morgan fingerprint density at radius 2 is 1.50 bits per heavy atom. The zero-order valence-electron chi connectivity index (χ0n) is 11.5. The molecule has 0 heterocycles. The van der Waals surface area contributed by atoms with Crippen LogP contribution in [0.2, 0.25) is 0 Å². The summed E-state index contributed by atoms with van der Waals surface area (Å²) in [5.74, 6) is 1.23. The van der Waals surface area contributed by atoms with E-state index in [-0.39, 0.29) is 0 Å². The smallest absolute Gasteiger partial charge is 0.0227 e. The van der Waals surface area contributed by atoms with Crippen LogP contribution in [0.3, 0.4) is 0 Å². The SMILES string of the molecule is CC(C)c1ccc(CN(C)C)cc1C(C)C. The molecule has 1 nitrogen and oxygen atoms in total. The van der Waals surface area contributed by atoms with E-state index >= 15 is 0 Å². The van der Waals surface area contributed by atoms with Gasteiger partial charge in [0, 0.05) is 6.54 Å². The number of benzene rings is 1. The van der Waals surface area contributed by atoms with Gasteiger partial charge in [-0.3, -0.25) is 0 Å². The first-order valence-electron chi connectivity index (χ1n) is 6.19. The first kappa shape index (κ1) is 13.2. The lowest BCUT2D eigenvalue weighted by molar-refractivity contribution is 0.402. The Hall–Kier alpha value is -0.820. The largest absolute Gasteiger partial charge is 0.305 e. The molecule has 16 heavy (non-hydrogen) atoms. The number of hydrogen-bond acceptors (Lipinski definition) is 1. The summed E-state index contributed by atoms with van der Waals surface area (Å²) in [6.45, 7) is 10.1. The minimum atomic E-state index is 0.611. The van der Waals surface area contributed by atoms with Gasteiger partial charge >= 0.3 is 0 Å². The summed E-state index contributed by atoms with van der Waals surface area (Å²) < 4.78 is 0. The standard InChI is InChI=1S/C15H25N/c1-11(2)14-8-7-13(10-16(5)6)9-15(14)12(3)4/h7-9,11-12H,10H2,1-6H3. The lowest BCUT2D eigenvalue weighted by atomic mass is 9.89. The molecule has 0 atom stereocenters. The van der Waals surface area contributed by atoms with Crippen LogP contribution in [0.4, 0.5) is 0 Å². The van der Waals surface area contributed by atoms with Crippen molar-refractivity contribution in [2.24, 2.45) is 0 Å². The predicted molar refractivity (Wildman–Crippen MR) is 72.0 cm³/mol. The van der Waals surface area contributed by atoms with Crippen molar-refractivity contribution in [2.75, 3.05) is 14.1 Å². The first-order valence-corrected chi connectivity index (χ1v) is 6.19. The van der Waals surface area contributed by atoms with Gasteiger partial charge in [0.15, 0.2) is 0 Å². The number of rotatable bonds is 4. The second kappa shape index (κ2) is 5.49. The first-order chi connectivity index (χ1) is 7.41. The molecule has 0 radical (unpaired) electrons. The van der Waals surface area contributed by atoms with Crippen LogP contribution in [0.5, 0.6) is 0 Å². The van der Waals surface area contributed by atoms with Crippen molar-refractivity contribution in [1.29, 1.82) is 0 Å². The monoisotopic (exact) mass is 219 g/mol. The third kappa shape index (κ3) is 3.34. The molecule has 1 aromatic rings. The van der Waals surface area contributed by atoms with Crippen LogP contribution in [0.1, 0.15) is 56.2 Å². The molecule has 1 heteroatoms. The van der Waals surface area contributed by atoms with Gasteiger partial charge in [-0.2, -0.15) is 0 Å². The molecule has 0 aliphatic rings. The van der Waals surface area contributed by atoms with Gasteiger partial charge in [0.1, 0.15) is 0 Å². The van der Waals surface area contributed by atoms with Gasteiger partial charge in [-0.15, -0.1) is 0 Å². The summed E-state index contributed by atoms with van der Waals surface area (Å²) >= 11 is 0. The second-order valence-electron chi connectivity index (χ2n) is 5.51. The summed E-state index contributed by atoms with van der Waals surface area (Å²) in [5, 5.41) is 0. The van der Waals surface area contributed by atoms with Gasteiger partial charge in [0.05, 0.1) is 0 Å². The van der Waals surface area contributed by atoms with Gasteiger partial charge in [-0.25, -0.2) is 0 Å². The van der Waals surface area contributed by atoms with Gasteiger partial charge in [0.2, 0.25) is 0 Å². The Balaban J connectivity index is 3.07. The molecule has 0 unspecified atom stereocenters. The molecule has 0 bridgehead atoms. The molecule has 0 spiro atoms. The Bertz CT molecular complexity index is 337. The van der Waals surface area contributed by atoms with Crippen molar-refractivity contribution < 1.29 is 0 Å². The lowest BCUT2D eigenvalue weighted by Crippen LogP contribution is -2.11. The van der Waals surface area contributed by atoms with Crippen molar-refractivity contribution in [1.82, 2.24) is 4.90 Å². The molecule has 0 aliphatic heterocycles. The second-order valence-corrected chi connectivity index (χ2v) is 5.51. The van der Waals surface area contributed by atoms with E-state index in [1.807, 2.05) is 0 Å². The molecular weight excluding hydrogens is 194 g/mol. The molecule has 0 saturated heterocycles. The maximum atomic E-state index is 2.38. The molecule has 0 aliphatic carbocycles. The predicted octanol–water partition coefficient (Wildman–Crippen LogP) is 4.00. The Kier molecular flexibility index (Phi) is 4.55. The van der Waals surface area contributed by atoms with Crippen molar-refractivity contribution in [3.8, 4) is 0 Å². The van der Waals surface area contributed by atoms with Crippen molar-refractivity contribution >= 4 is 0 Å². The van der Waals surface area contributed by atoms with Gasteiger partial charge < -0.3 is 4.90 Å². The van der Waals surface area contributed by atoms with E-state index in [2.05, 4.69) is 64.9 Å². The van der Waals surface area contributed by atoms with Crippen molar-refractivity contribution in [3.63, 3.8) is 0 Å². The highest BCUT2D eigenvalue weighted by Crippen LogP contribution is 2.27. The summed E-state index contributed by atoms with van der Waals surface area (Å²) in [6, 6.07) is 6.94. The maximum Gasteiger partial charge on any atom is 0.0227 e. The van der Waals surface area contributed by atoms with Crippen molar-refractivity contribution in [2.45, 2.75) is 46.1 Å². The normalized spacial score (nSPS) is 11.8. The van der Waals surface area contributed by atoms with Crippen LogP contribution in [-0.4, -0.2) is 19.0 Å². The van der Waals surface area contributed by atoms with E-state index in [9.17, 15) is 0 Å². The van der Waals surface area contributed by atoms with E-state index in [1.165, 1.54) is 16.7 Å². The van der Waals surface area contributed by atoms with Crippen LogP contribution in [0, 0.1) is 0 Å². The van der Waals surface area contributed by atoms with E-state index in [1.54, 1.807) is 0 Å². The minimum Gasteiger partial charge on any atom is -0.305 e. The Morgan fingerprint density at radius 1 is 0.938 bits per heavy atom. The topological polar surface area (TPSA) is 3.24 Å². The molecule has 1 aromatic carbocycles. The van der Waals surface area contributed by atoms with Crippen LogP contribution in [0.15, 0.2) is 18.2 Å². The highest BCUT2D eigenvalue weighted by molar-refractivity contribution is 5.36. The Morgan fingerprint density at radius 3 is 1.94 bits per heavy atom. The highest BCUT2D eigenvalue weighted by Gasteiger charge is 2.10. The van der Waals surface area contributed by atoms with E-state index in [0.29, 0.717) is 11.8 Å². The zero-order chi connectivity index (χ0) is 12.3. The molecule has 1 rings (SSSR count). The molecule has 0 fully saturated rings. The summed E-state index contributed by atoms with van der Waals surface area (Å²) in [5.41, 5.74) is 4.42. The van der Waals surface area contributed by atoms with Crippen LogP contribution >= 0.6 is 0 Å². The minimum absolute atomic E-state index is 0.611. The average molecular weight is 219 g/mol. The fourth-order valence-electron chi connectivity index (χ4n) is 2.11. The Labute approximate surface area is 100 Å². The molecule has 0 saturated carbocycles. The fraction of sp³-hybridized carbons (Fsp3) is 0.600. The van der Waals surface area contributed by atoms with E-state index in [4.69, 9.17) is 0 Å². The lowest BCUT2D eigenvalue weighted by Gasteiger charge is -2.18. The van der Waals surface area contributed by atoms with E-state index < -0.39 is 0 Å². The third-order valence-corrected chi connectivity index (χ3v) is 2.89. The third-order valence-electron chi connectivity index (χ3n) is 2.89. The highest BCUT2D eigenvalue weighted by atomic mass is 15.0. The van der Waals surface area contributed by atoms with Crippen LogP contribution < -0.4 is 0 Å². The number of hydrogen-bond donors (Lipinski definition) is 0. The maximum absolute atomic E-state index is 2.38. The number of nitrogens with zero attached hydrogens (tertiary/aromatic N) is 1. The zero-order valence-corrected chi connectivity index (χ0v) is 11.5. The van der Waals surface area contributed by atoms with Crippen LogP contribution in [0.25, 0.3) is 0 Å². The van der Waals surface area contributed by atoms with Gasteiger partial charge in [-0.05, 0) is 42.6 Å². The summed E-state index contributed by atoms with van der Waals surface area (Å²) in [6.07, 6.45) is 0. The quantitative estimate of drug-likeness (QED) is 0.740. The average Bonchev–Trinajstić information content (AvgIpc) is 2.16. The summed E-state index contributed by atoms with van der Waals surface area (Å²) in [4.78, 5) is 2.22.